The summed E-state index contributed by atoms with van der Waals surface area (Å²) in [5.41, 5.74) is 1.19. The Labute approximate surface area is 136 Å². The van der Waals surface area contributed by atoms with Crippen LogP contribution in [0.4, 0.5) is 13.2 Å². The molecule has 0 atom stereocenters. The third-order valence-electron chi connectivity index (χ3n) is 4.63. The number of hydrogen-bond acceptors (Lipinski definition) is 1. The van der Waals surface area contributed by atoms with Crippen molar-refractivity contribution in [2.45, 2.75) is 57.8 Å². The minimum Gasteiger partial charge on any atom is -0.494 e. The van der Waals surface area contributed by atoms with Crippen LogP contribution in [0.25, 0.3) is 0 Å². The molecule has 1 aromatic rings. The van der Waals surface area contributed by atoms with Gasteiger partial charge in [0.15, 0.2) is 5.83 Å². The first-order chi connectivity index (χ1) is 11.1. The Morgan fingerprint density at radius 3 is 2.22 bits per heavy atom. The van der Waals surface area contributed by atoms with Gasteiger partial charge in [-0.3, -0.25) is 0 Å². The van der Waals surface area contributed by atoms with Crippen LogP contribution >= 0.6 is 0 Å². The molecule has 1 saturated carbocycles. The predicted octanol–water partition coefficient (Wildman–Crippen LogP) is 6.61. The summed E-state index contributed by atoms with van der Waals surface area (Å²) >= 11 is 0. The van der Waals surface area contributed by atoms with Crippen molar-refractivity contribution < 1.29 is 17.9 Å². The fraction of sp³-hybridized carbons (Fsp3) is 0.579. The quantitative estimate of drug-likeness (QED) is 0.512. The van der Waals surface area contributed by atoms with Crippen molar-refractivity contribution in [3.05, 3.63) is 41.7 Å². The normalized spacial score (nSPS) is 21.0. The van der Waals surface area contributed by atoms with Crippen molar-refractivity contribution in [3.8, 4) is 5.75 Å². The molecule has 1 aliphatic rings. The van der Waals surface area contributed by atoms with Crippen molar-refractivity contribution in [3.63, 3.8) is 0 Å². The molecule has 23 heavy (non-hydrogen) atoms. The molecule has 4 heteroatoms. The van der Waals surface area contributed by atoms with Crippen molar-refractivity contribution >= 4 is 0 Å². The largest absolute Gasteiger partial charge is 0.494 e. The highest BCUT2D eigenvalue weighted by Crippen LogP contribution is 2.40. The van der Waals surface area contributed by atoms with E-state index >= 15 is 0 Å². The summed E-state index contributed by atoms with van der Waals surface area (Å²) in [4.78, 5) is 0. The van der Waals surface area contributed by atoms with Gasteiger partial charge in [0.05, 0.1) is 6.61 Å². The SMILES string of the molecule is CCCCCOc1ccc(C2CCC(C(F)=C(F)F)CC2)cc1. The lowest BCUT2D eigenvalue weighted by atomic mass is 9.78. The van der Waals surface area contributed by atoms with Crippen LogP contribution in [0.2, 0.25) is 0 Å². The molecule has 0 aliphatic heterocycles. The van der Waals surface area contributed by atoms with E-state index < -0.39 is 17.8 Å². The van der Waals surface area contributed by atoms with E-state index in [0.717, 1.165) is 31.6 Å². The Morgan fingerprint density at radius 2 is 1.65 bits per heavy atom. The van der Waals surface area contributed by atoms with Gasteiger partial charge >= 0.3 is 6.08 Å². The fourth-order valence-electron chi connectivity index (χ4n) is 3.21. The lowest BCUT2D eigenvalue weighted by molar-refractivity contribution is 0.281. The zero-order valence-electron chi connectivity index (χ0n) is 13.7. The molecule has 1 nitrogen and oxygen atoms in total. The molecule has 0 unspecified atom stereocenters. The lowest BCUT2D eigenvalue weighted by Crippen LogP contribution is -2.14. The highest BCUT2D eigenvalue weighted by molar-refractivity contribution is 5.29. The van der Waals surface area contributed by atoms with Crippen LogP contribution in [-0.4, -0.2) is 6.61 Å². The fourth-order valence-corrected chi connectivity index (χ4v) is 3.21. The molecule has 0 bridgehead atoms. The second-order valence-corrected chi connectivity index (χ2v) is 6.28. The van der Waals surface area contributed by atoms with Gasteiger partial charge < -0.3 is 4.74 Å². The maximum absolute atomic E-state index is 13.3. The van der Waals surface area contributed by atoms with E-state index in [9.17, 15) is 13.2 Å². The molecule has 0 amide bonds. The van der Waals surface area contributed by atoms with E-state index in [4.69, 9.17) is 4.74 Å². The summed E-state index contributed by atoms with van der Waals surface area (Å²) in [5.74, 6) is -0.611. The summed E-state index contributed by atoms with van der Waals surface area (Å²) in [6.45, 7) is 2.89. The van der Waals surface area contributed by atoms with Crippen molar-refractivity contribution in [1.29, 1.82) is 0 Å². The maximum atomic E-state index is 13.3. The van der Waals surface area contributed by atoms with Gasteiger partial charge in [0.1, 0.15) is 5.75 Å². The molecule has 1 fully saturated rings. The van der Waals surface area contributed by atoms with E-state index in [1.165, 1.54) is 18.4 Å². The Morgan fingerprint density at radius 1 is 1.00 bits per heavy atom. The van der Waals surface area contributed by atoms with Crippen LogP contribution in [0, 0.1) is 5.92 Å². The molecule has 1 aromatic carbocycles. The average Bonchev–Trinajstić information content (AvgIpc) is 2.59. The van der Waals surface area contributed by atoms with Gasteiger partial charge in [-0.1, -0.05) is 31.9 Å². The number of unbranched alkanes of at least 4 members (excludes halogenated alkanes) is 2. The number of rotatable bonds is 7. The first-order valence-electron chi connectivity index (χ1n) is 8.55. The van der Waals surface area contributed by atoms with Crippen LogP contribution in [0.15, 0.2) is 36.2 Å². The Balaban J connectivity index is 1.83. The monoisotopic (exact) mass is 326 g/mol. The smallest absolute Gasteiger partial charge is 0.301 e. The molecule has 0 radical (unpaired) electrons. The van der Waals surface area contributed by atoms with Gasteiger partial charge in [-0.05, 0) is 55.7 Å². The van der Waals surface area contributed by atoms with Crippen LogP contribution in [0.3, 0.4) is 0 Å². The third-order valence-corrected chi connectivity index (χ3v) is 4.63. The Hall–Kier alpha value is -1.45. The average molecular weight is 326 g/mol. The van der Waals surface area contributed by atoms with Crippen LogP contribution in [-0.2, 0) is 0 Å². The third kappa shape index (κ3) is 5.29. The van der Waals surface area contributed by atoms with Crippen LogP contribution in [0.5, 0.6) is 5.75 Å². The molecule has 0 spiro atoms. The standard InChI is InChI=1S/C19H25F3O/c1-2-3-4-13-23-17-11-9-15(10-12-17)14-5-7-16(8-6-14)18(20)19(21)22/h9-12,14,16H,2-8,13H2,1H3. The minimum atomic E-state index is -2.15. The van der Waals surface area contributed by atoms with Gasteiger partial charge in [-0.15, -0.1) is 0 Å². The second kappa shape index (κ2) is 8.99. The van der Waals surface area contributed by atoms with Crippen molar-refractivity contribution in [1.82, 2.24) is 0 Å². The highest BCUT2D eigenvalue weighted by atomic mass is 19.3. The van der Waals surface area contributed by atoms with Gasteiger partial charge in [-0.25, -0.2) is 4.39 Å². The molecular formula is C19H25F3O. The van der Waals surface area contributed by atoms with Crippen molar-refractivity contribution in [2.75, 3.05) is 6.61 Å². The molecule has 128 valence electrons. The molecule has 0 saturated heterocycles. The molecule has 0 heterocycles. The summed E-state index contributed by atoms with van der Waals surface area (Å²) in [6, 6.07) is 8.02. The summed E-state index contributed by atoms with van der Waals surface area (Å²) in [6.07, 6.45) is 3.74. The van der Waals surface area contributed by atoms with Gasteiger partial charge in [0, 0.05) is 5.92 Å². The van der Waals surface area contributed by atoms with E-state index in [0.29, 0.717) is 18.8 Å². The molecular weight excluding hydrogens is 301 g/mol. The number of hydrogen-bond donors (Lipinski definition) is 0. The molecule has 2 rings (SSSR count). The topological polar surface area (TPSA) is 9.23 Å². The highest BCUT2D eigenvalue weighted by Gasteiger charge is 2.27. The summed E-state index contributed by atoms with van der Waals surface area (Å²) < 4.78 is 43.6. The maximum Gasteiger partial charge on any atom is 0.301 e. The van der Waals surface area contributed by atoms with Gasteiger partial charge in [-0.2, -0.15) is 8.78 Å². The zero-order chi connectivity index (χ0) is 16.7. The van der Waals surface area contributed by atoms with Crippen LogP contribution in [0.1, 0.15) is 63.4 Å². The molecule has 1 aliphatic carbocycles. The van der Waals surface area contributed by atoms with E-state index in [1.807, 2.05) is 24.3 Å². The zero-order valence-corrected chi connectivity index (χ0v) is 13.7. The van der Waals surface area contributed by atoms with Crippen LogP contribution < -0.4 is 4.74 Å². The number of allylic oxidation sites excluding steroid dienone is 1. The first-order valence-corrected chi connectivity index (χ1v) is 8.55. The Bertz CT molecular complexity index is 498. The first kappa shape index (κ1) is 17.9. The lowest BCUT2D eigenvalue weighted by Gasteiger charge is -2.27. The minimum absolute atomic E-state index is 0.330. The van der Waals surface area contributed by atoms with E-state index in [-0.39, 0.29) is 0 Å². The molecule has 0 N–H and O–H groups in total. The molecule has 0 aromatic heterocycles. The number of ether oxygens (including phenoxy) is 1. The number of benzene rings is 1. The predicted molar refractivity (Wildman–Crippen MR) is 86.5 cm³/mol. The summed E-state index contributed by atoms with van der Waals surface area (Å²) in [5, 5.41) is 0. The van der Waals surface area contributed by atoms with E-state index in [1.54, 1.807) is 0 Å². The second-order valence-electron chi connectivity index (χ2n) is 6.28. The van der Waals surface area contributed by atoms with Gasteiger partial charge in [0.25, 0.3) is 0 Å². The van der Waals surface area contributed by atoms with E-state index in [2.05, 4.69) is 6.92 Å². The van der Waals surface area contributed by atoms with Crippen molar-refractivity contribution in [2.24, 2.45) is 5.92 Å². The Kier molecular flexibility index (Phi) is 7.00. The van der Waals surface area contributed by atoms with Gasteiger partial charge in [0.2, 0.25) is 0 Å². The summed E-state index contributed by atoms with van der Waals surface area (Å²) in [7, 11) is 0. The number of halogens is 3.